The van der Waals surface area contributed by atoms with Crippen LogP contribution in [0.3, 0.4) is 0 Å². The highest BCUT2D eigenvalue weighted by Gasteiger charge is 2.19. The normalized spacial score (nSPS) is 14.1. The summed E-state index contributed by atoms with van der Waals surface area (Å²) >= 11 is 5.80. The Morgan fingerprint density at radius 3 is 2.82 bits per heavy atom. The summed E-state index contributed by atoms with van der Waals surface area (Å²) in [6, 6.07) is 4.82. The Balaban J connectivity index is 2.81. The van der Waals surface area contributed by atoms with E-state index >= 15 is 0 Å². The number of carbonyl (C=O) groups excluding carboxylic acids is 1. The van der Waals surface area contributed by atoms with Gasteiger partial charge in [0, 0.05) is 21.6 Å². The molecule has 3 N–H and O–H groups in total. The Morgan fingerprint density at radius 1 is 1.59 bits per heavy atom. The van der Waals surface area contributed by atoms with Crippen molar-refractivity contribution in [2.75, 3.05) is 16.8 Å². The second kappa shape index (κ2) is 6.02. The summed E-state index contributed by atoms with van der Waals surface area (Å²) in [6.07, 6.45) is 0. The minimum absolute atomic E-state index is 0.320. The smallest absolute Gasteiger partial charge is 0.239 e. The average Bonchev–Trinajstić information content (AvgIpc) is 2.31. The lowest BCUT2D eigenvalue weighted by molar-refractivity contribution is -0.115. The van der Waals surface area contributed by atoms with Gasteiger partial charge < -0.3 is 11.1 Å². The molecule has 1 amide bonds. The molecule has 17 heavy (non-hydrogen) atoms. The van der Waals surface area contributed by atoms with Gasteiger partial charge in [0.05, 0.1) is 11.4 Å². The number of hydrogen-bond acceptors (Lipinski definition) is 3. The van der Waals surface area contributed by atoms with Crippen molar-refractivity contribution in [3.05, 3.63) is 23.2 Å². The monoisotopic (exact) mass is 274 g/mol. The third-order valence-corrected chi connectivity index (χ3v) is 4.13. The molecule has 0 aromatic heterocycles. The average molecular weight is 275 g/mol. The molecular formula is C11H15ClN2O2S. The molecule has 0 fully saturated rings. The van der Waals surface area contributed by atoms with Crippen molar-refractivity contribution < 1.29 is 9.00 Å². The van der Waals surface area contributed by atoms with Gasteiger partial charge in [0.1, 0.15) is 5.25 Å². The van der Waals surface area contributed by atoms with E-state index in [0.29, 0.717) is 22.2 Å². The van der Waals surface area contributed by atoms with Crippen molar-refractivity contribution in [3.63, 3.8) is 0 Å². The van der Waals surface area contributed by atoms with E-state index < -0.39 is 16.0 Å². The van der Waals surface area contributed by atoms with Crippen LogP contribution in [0.1, 0.15) is 13.8 Å². The molecule has 0 aliphatic heterocycles. The molecule has 2 atom stereocenters. The van der Waals surface area contributed by atoms with Crippen LogP contribution in [0.25, 0.3) is 0 Å². The number of nitrogen functional groups attached to an aromatic ring is 1. The van der Waals surface area contributed by atoms with Crippen molar-refractivity contribution in [2.45, 2.75) is 19.1 Å². The van der Waals surface area contributed by atoms with Crippen LogP contribution in [0.4, 0.5) is 11.4 Å². The first-order chi connectivity index (χ1) is 7.95. The summed E-state index contributed by atoms with van der Waals surface area (Å²) in [4.78, 5) is 11.8. The number of nitrogens with one attached hydrogen (secondary N) is 1. The summed E-state index contributed by atoms with van der Waals surface area (Å²) in [5.74, 6) is 0.124. The molecule has 94 valence electrons. The molecule has 0 saturated carbocycles. The van der Waals surface area contributed by atoms with Crippen LogP contribution in [-0.2, 0) is 15.6 Å². The number of carbonyl (C=O) groups is 1. The lowest BCUT2D eigenvalue weighted by Crippen LogP contribution is -2.30. The Morgan fingerprint density at radius 2 is 2.24 bits per heavy atom. The Bertz CT molecular complexity index is 451. The zero-order valence-corrected chi connectivity index (χ0v) is 11.3. The first-order valence-electron chi connectivity index (χ1n) is 5.18. The van der Waals surface area contributed by atoms with Gasteiger partial charge in [-0.25, -0.2) is 0 Å². The summed E-state index contributed by atoms with van der Waals surface area (Å²) in [5, 5.41) is 2.54. The molecule has 0 bridgehead atoms. The fourth-order valence-corrected chi connectivity index (χ4v) is 2.21. The first-order valence-corrected chi connectivity index (χ1v) is 6.94. The molecule has 0 aliphatic carbocycles. The molecule has 0 saturated heterocycles. The van der Waals surface area contributed by atoms with E-state index in [2.05, 4.69) is 5.32 Å². The molecular weight excluding hydrogens is 260 g/mol. The fraction of sp³-hybridized carbons (Fsp3) is 0.364. The number of benzene rings is 1. The minimum Gasteiger partial charge on any atom is -0.397 e. The summed E-state index contributed by atoms with van der Waals surface area (Å²) in [6.45, 7) is 3.39. The van der Waals surface area contributed by atoms with Gasteiger partial charge in [-0.05, 0) is 25.1 Å². The second-order valence-electron chi connectivity index (χ2n) is 3.53. The maximum absolute atomic E-state index is 11.8. The van der Waals surface area contributed by atoms with Crippen molar-refractivity contribution in [1.82, 2.24) is 0 Å². The second-order valence-corrected chi connectivity index (χ2v) is 6.01. The highest BCUT2D eigenvalue weighted by molar-refractivity contribution is 7.86. The predicted molar refractivity (Wildman–Crippen MR) is 72.6 cm³/mol. The van der Waals surface area contributed by atoms with Gasteiger partial charge in [0.2, 0.25) is 5.91 Å². The third-order valence-electron chi connectivity index (χ3n) is 2.32. The van der Waals surface area contributed by atoms with Crippen LogP contribution in [0.2, 0.25) is 5.02 Å². The molecule has 4 nitrogen and oxygen atoms in total. The SMILES string of the molecule is CCS(=O)C(C)C(=O)Nc1cc(Cl)ccc1N. The molecule has 1 aromatic rings. The molecule has 1 rings (SSSR count). The quantitative estimate of drug-likeness (QED) is 0.825. The maximum Gasteiger partial charge on any atom is 0.239 e. The van der Waals surface area contributed by atoms with Crippen molar-refractivity contribution in [1.29, 1.82) is 0 Å². The van der Waals surface area contributed by atoms with E-state index in [9.17, 15) is 9.00 Å². The molecule has 0 heterocycles. The van der Waals surface area contributed by atoms with Crippen LogP contribution in [0, 0.1) is 0 Å². The number of nitrogens with two attached hydrogens (primary N) is 1. The van der Waals surface area contributed by atoms with Crippen molar-refractivity contribution >= 4 is 39.7 Å². The first kappa shape index (κ1) is 14.0. The summed E-state index contributed by atoms with van der Waals surface area (Å²) in [5.41, 5.74) is 6.57. The summed E-state index contributed by atoms with van der Waals surface area (Å²) < 4.78 is 11.5. The number of anilines is 2. The Labute approximate surface area is 108 Å². The van der Waals surface area contributed by atoms with Crippen LogP contribution in [-0.4, -0.2) is 21.1 Å². The molecule has 0 spiro atoms. The standard InChI is InChI=1S/C11H15ClN2O2S/c1-3-17(16)7(2)11(15)14-10-6-8(12)4-5-9(10)13/h4-7H,3,13H2,1-2H3,(H,14,15). The number of hydrogen-bond donors (Lipinski definition) is 2. The highest BCUT2D eigenvalue weighted by Crippen LogP contribution is 2.23. The van der Waals surface area contributed by atoms with E-state index in [-0.39, 0.29) is 5.91 Å². The van der Waals surface area contributed by atoms with E-state index in [1.54, 1.807) is 32.0 Å². The number of rotatable bonds is 4. The molecule has 0 radical (unpaired) electrons. The van der Waals surface area contributed by atoms with Gasteiger partial charge in [0.15, 0.2) is 0 Å². The van der Waals surface area contributed by atoms with E-state index in [0.717, 1.165) is 0 Å². The molecule has 1 aromatic carbocycles. The molecule has 0 aliphatic rings. The van der Waals surface area contributed by atoms with Crippen LogP contribution < -0.4 is 11.1 Å². The third kappa shape index (κ3) is 3.71. The van der Waals surface area contributed by atoms with Crippen LogP contribution >= 0.6 is 11.6 Å². The van der Waals surface area contributed by atoms with E-state index in [4.69, 9.17) is 17.3 Å². The fourth-order valence-electron chi connectivity index (χ4n) is 1.24. The highest BCUT2D eigenvalue weighted by atomic mass is 35.5. The molecule has 6 heteroatoms. The lowest BCUT2D eigenvalue weighted by Gasteiger charge is -2.12. The zero-order valence-electron chi connectivity index (χ0n) is 9.70. The summed E-state index contributed by atoms with van der Waals surface area (Å²) in [7, 11) is -1.17. The van der Waals surface area contributed by atoms with Crippen LogP contribution in [0.15, 0.2) is 18.2 Å². The zero-order chi connectivity index (χ0) is 13.0. The lowest BCUT2D eigenvalue weighted by atomic mass is 10.2. The van der Waals surface area contributed by atoms with Gasteiger partial charge in [-0.2, -0.15) is 0 Å². The van der Waals surface area contributed by atoms with Crippen molar-refractivity contribution in [2.24, 2.45) is 0 Å². The van der Waals surface area contributed by atoms with Gasteiger partial charge in [-0.1, -0.05) is 18.5 Å². The number of amides is 1. The van der Waals surface area contributed by atoms with Gasteiger partial charge in [0.25, 0.3) is 0 Å². The van der Waals surface area contributed by atoms with Gasteiger partial charge >= 0.3 is 0 Å². The topological polar surface area (TPSA) is 72.2 Å². The Hall–Kier alpha value is -1.07. The minimum atomic E-state index is -1.17. The van der Waals surface area contributed by atoms with Gasteiger partial charge in [-0.3, -0.25) is 9.00 Å². The number of halogens is 1. The van der Waals surface area contributed by atoms with E-state index in [1.807, 2.05) is 0 Å². The van der Waals surface area contributed by atoms with Gasteiger partial charge in [-0.15, -0.1) is 0 Å². The van der Waals surface area contributed by atoms with Crippen LogP contribution in [0.5, 0.6) is 0 Å². The Kier molecular flexibility index (Phi) is 4.96. The predicted octanol–water partition coefficient (Wildman–Crippen LogP) is 2.02. The van der Waals surface area contributed by atoms with Crippen molar-refractivity contribution in [3.8, 4) is 0 Å². The largest absolute Gasteiger partial charge is 0.397 e. The molecule has 2 unspecified atom stereocenters. The van der Waals surface area contributed by atoms with E-state index in [1.165, 1.54) is 0 Å². The maximum atomic E-state index is 11.8.